The quantitative estimate of drug-likeness (QED) is 0.856. The van der Waals surface area contributed by atoms with Gasteiger partial charge >= 0.3 is 5.97 Å². The summed E-state index contributed by atoms with van der Waals surface area (Å²) in [6.07, 6.45) is 3.56. The van der Waals surface area contributed by atoms with E-state index in [1.54, 1.807) is 6.20 Å². The molecule has 1 aliphatic rings. The van der Waals surface area contributed by atoms with Crippen LogP contribution in [0.5, 0.6) is 0 Å². The van der Waals surface area contributed by atoms with Gasteiger partial charge in [-0.25, -0.2) is 0 Å². The van der Waals surface area contributed by atoms with E-state index in [2.05, 4.69) is 9.88 Å². The summed E-state index contributed by atoms with van der Waals surface area (Å²) < 4.78 is 0. The van der Waals surface area contributed by atoms with Crippen LogP contribution in [-0.4, -0.2) is 40.1 Å². The summed E-state index contributed by atoms with van der Waals surface area (Å²) in [5.74, 6) is -0.452. The SMILES string of the molecule is CC1CCN(CCc2ccccn2)C1C(=O)O. The van der Waals surface area contributed by atoms with E-state index in [4.69, 9.17) is 0 Å². The first-order chi connectivity index (χ1) is 8.18. The van der Waals surface area contributed by atoms with Gasteiger partial charge in [-0.2, -0.15) is 0 Å². The molecule has 1 saturated heterocycles. The fraction of sp³-hybridized carbons (Fsp3) is 0.538. The Morgan fingerprint density at radius 2 is 2.41 bits per heavy atom. The van der Waals surface area contributed by atoms with Crippen LogP contribution in [0.25, 0.3) is 0 Å². The summed E-state index contributed by atoms with van der Waals surface area (Å²) in [4.78, 5) is 17.5. The van der Waals surface area contributed by atoms with Gasteiger partial charge in [-0.1, -0.05) is 13.0 Å². The molecule has 2 unspecified atom stereocenters. The van der Waals surface area contributed by atoms with E-state index in [1.165, 1.54) is 0 Å². The zero-order valence-electron chi connectivity index (χ0n) is 10.0. The van der Waals surface area contributed by atoms with Crippen LogP contribution in [0.15, 0.2) is 24.4 Å². The molecule has 0 radical (unpaired) electrons. The number of carbonyl (C=O) groups is 1. The Bertz CT molecular complexity index is 380. The van der Waals surface area contributed by atoms with Gasteiger partial charge in [0.05, 0.1) is 0 Å². The van der Waals surface area contributed by atoms with Crippen LogP contribution in [0, 0.1) is 5.92 Å². The zero-order chi connectivity index (χ0) is 12.3. The maximum Gasteiger partial charge on any atom is 0.321 e. The third kappa shape index (κ3) is 2.82. The number of likely N-dealkylation sites (tertiary alicyclic amines) is 1. The molecule has 1 aliphatic heterocycles. The highest BCUT2D eigenvalue weighted by atomic mass is 16.4. The topological polar surface area (TPSA) is 53.4 Å². The maximum absolute atomic E-state index is 11.2. The van der Waals surface area contributed by atoms with Crippen LogP contribution in [0.4, 0.5) is 0 Å². The Kier molecular flexibility index (Phi) is 3.74. The van der Waals surface area contributed by atoms with Crippen LogP contribution in [0.1, 0.15) is 19.0 Å². The van der Waals surface area contributed by atoms with Crippen molar-refractivity contribution in [3.8, 4) is 0 Å². The number of aliphatic carboxylic acids is 1. The van der Waals surface area contributed by atoms with Crippen molar-refractivity contribution in [2.45, 2.75) is 25.8 Å². The first-order valence-electron chi connectivity index (χ1n) is 6.05. The van der Waals surface area contributed by atoms with Gasteiger partial charge in [0.2, 0.25) is 0 Å². The summed E-state index contributed by atoms with van der Waals surface area (Å²) in [5.41, 5.74) is 1.02. The van der Waals surface area contributed by atoms with E-state index in [1.807, 2.05) is 25.1 Å². The summed E-state index contributed by atoms with van der Waals surface area (Å²) >= 11 is 0. The largest absolute Gasteiger partial charge is 0.480 e. The predicted octanol–water partition coefficient (Wildman–Crippen LogP) is 1.42. The predicted molar refractivity (Wildman–Crippen MR) is 64.7 cm³/mol. The van der Waals surface area contributed by atoms with Crippen LogP contribution in [-0.2, 0) is 11.2 Å². The lowest BCUT2D eigenvalue weighted by atomic mass is 10.0. The Hall–Kier alpha value is -1.42. The third-order valence-corrected chi connectivity index (χ3v) is 3.44. The first-order valence-corrected chi connectivity index (χ1v) is 6.05. The second-order valence-electron chi connectivity index (χ2n) is 4.66. The number of carboxylic acids is 1. The average molecular weight is 234 g/mol. The monoisotopic (exact) mass is 234 g/mol. The number of nitrogens with zero attached hydrogens (tertiary/aromatic N) is 2. The number of aromatic nitrogens is 1. The molecule has 2 rings (SSSR count). The highest BCUT2D eigenvalue weighted by molar-refractivity contribution is 5.74. The normalized spacial score (nSPS) is 25.0. The van der Waals surface area contributed by atoms with Crippen LogP contribution >= 0.6 is 0 Å². The average Bonchev–Trinajstić information content (AvgIpc) is 2.69. The number of pyridine rings is 1. The van der Waals surface area contributed by atoms with Gasteiger partial charge in [-0.3, -0.25) is 14.7 Å². The van der Waals surface area contributed by atoms with Crippen molar-refractivity contribution in [3.05, 3.63) is 30.1 Å². The van der Waals surface area contributed by atoms with Crippen LogP contribution in [0.3, 0.4) is 0 Å². The molecule has 0 aromatic carbocycles. The molecular weight excluding hydrogens is 216 g/mol. The fourth-order valence-corrected chi connectivity index (χ4v) is 2.48. The molecule has 92 valence electrons. The Labute approximate surface area is 101 Å². The van der Waals surface area contributed by atoms with Gasteiger partial charge < -0.3 is 5.11 Å². The summed E-state index contributed by atoms with van der Waals surface area (Å²) in [6.45, 7) is 3.67. The number of hydrogen-bond acceptors (Lipinski definition) is 3. The Balaban J connectivity index is 1.93. The molecule has 0 aliphatic carbocycles. The van der Waals surface area contributed by atoms with Gasteiger partial charge in [0.15, 0.2) is 0 Å². The molecule has 0 bridgehead atoms. The second kappa shape index (κ2) is 5.27. The first kappa shape index (κ1) is 12.0. The highest BCUT2D eigenvalue weighted by Crippen LogP contribution is 2.24. The van der Waals surface area contributed by atoms with Gasteiger partial charge in [-0.15, -0.1) is 0 Å². The molecule has 17 heavy (non-hydrogen) atoms. The number of carboxylic acid groups (broad SMARTS) is 1. The van der Waals surface area contributed by atoms with E-state index < -0.39 is 5.97 Å². The van der Waals surface area contributed by atoms with E-state index in [0.29, 0.717) is 0 Å². The van der Waals surface area contributed by atoms with Crippen molar-refractivity contribution in [2.24, 2.45) is 5.92 Å². The van der Waals surface area contributed by atoms with Gasteiger partial charge in [0.1, 0.15) is 6.04 Å². The summed E-state index contributed by atoms with van der Waals surface area (Å²) in [6, 6.07) is 5.51. The van der Waals surface area contributed by atoms with E-state index in [-0.39, 0.29) is 12.0 Å². The molecule has 4 heteroatoms. The molecule has 1 aromatic rings. The third-order valence-electron chi connectivity index (χ3n) is 3.44. The number of rotatable bonds is 4. The van der Waals surface area contributed by atoms with E-state index in [0.717, 1.165) is 31.6 Å². The van der Waals surface area contributed by atoms with Gasteiger partial charge in [0.25, 0.3) is 0 Å². The molecule has 2 heterocycles. The summed E-state index contributed by atoms with van der Waals surface area (Å²) in [7, 11) is 0. The molecule has 1 N–H and O–H groups in total. The van der Waals surface area contributed by atoms with Gasteiger partial charge in [0, 0.05) is 24.9 Å². The number of hydrogen-bond donors (Lipinski definition) is 1. The minimum absolute atomic E-state index is 0.247. The van der Waals surface area contributed by atoms with Crippen LogP contribution < -0.4 is 0 Å². The molecule has 0 spiro atoms. The molecule has 0 saturated carbocycles. The van der Waals surface area contributed by atoms with Crippen molar-refractivity contribution in [3.63, 3.8) is 0 Å². The lowest BCUT2D eigenvalue weighted by Gasteiger charge is -2.22. The van der Waals surface area contributed by atoms with Crippen molar-refractivity contribution in [1.82, 2.24) is 9.88 Å². The minimum atomic E-state index is -0.698. The molecule has 4 nitrogen and oxygen atoms in total. The van der Waals surface area contributed by atoms with Crippen molar-refractivity contribution >= 4 is 5.97 Å². The van der Waals surface area contributed by atoms with E-state index >= 15 is 0 Å². The van der Waals surface area contributed by atoms with Crippen LogP contribution in [0.2, 0.25) is 0 Å². The smallest absolute Gasteiger partial charge is 0.321 e. The molecule has 2 atom stereocenters. The maximum atomic E-state index is 11.2. The fourth-order valence-electron chi connectivity index (χ4n) is 2.48. The minimum Gasteiger partial charge on any atom is -0.480 e. The molecular formula is C13H18N2O2. The van der Waals surface area contributed by atoms with Crippen molar-refractivity contribution < 1.29 is 9.90 Å². The Morgan fingerprint density at radius 1 is 1.59 bits per heavy atom. The molecule has 1 aromatic heterocycles. The standard InChI is InChI=1S/C13H18N2O2/c1-10-5-8-15(12(10)13(16)17)9-6-11-4-2-3-7-14-11/h2-4,7,10,12H,5-6,8-9H2,1H3,(H,16,17). The lowest BCUT2D eigenvalue weighted by Crippen LogP contribution is -2.40. The lowest BCUT2D eigenvalue weighted by molar-refractivity contribution is -0.143. The van der Waals surface area contributed by atoms with Gasteiger partial charge in [-0.05, 0) is 31.0 Å². The van der Waals surface area contributed by atoms with E-state index in [9.17, 15) is 9.90 Å². The molecule has 0 amide bonds. The second-order valence-corrected chi connectivity index (χ2v) is 4.66. The van der Waals surface area contributed by atoms with Crippen molar-refractivity contribution in [1.29, 1.82) is 0 Å². The summed E-state index contributed by atoms with van der Waals surface area (Å²) in [5, 5.41) is 9.19. The molecule has 1 fully saturated rings. The Morgan fingerprint density at radius 3 is 3.06 bits per heavy atom. The highest BCUT2D eigenvalue weighted by Gasteiger charge is 2.36. The van der Waals surface area contributed by atoms with Crippen molar-refractivity contribution in [2.75, 3.05) is 13.1 Å². The zero-order valence-corrected chi connectivity index (χ0v) is 10.0.